The molecule has 0 rings (SSSR count). The standard InChI is InChI=1S/C26H52N4O6S/c1-11-29(19-22(32)35-25(5,6)7)14-12-27-13-15-30(20-23(33)36-26(8,9)37)17-16-28(10)18-21(31)34-24(2,3)4/h27,37H,11-20H2,1-10H3. The van der Waals surface area contributed by atoms with Gasteiger partial charge in [-0.1, -0.05) is 6.92 Å². The number of carbonyl (C=O) groups is 3. The zero-order chi connectivity index (χ0) is 28.9. The summed E-state index contributed by atoms with van der Waals surface area (Å²) in [5.41, 5.74) is -1.03. The summed E-state index contributed by atoms with van der Waals surface area (Å²) in [6.45, 7) is 21.6. The van der Waals surface area contributed by atoms with Gasteiger partial charge in [-0.05, 0) is 69.0 Å². The predicted octanol–water partition coefficient (Wildman–Crippen LogP) is 2.02. The number of rotatable bonds is 17. The Morgan fingerprint density at radius 1 is 0.676 bits per heavy atom. The highest BCUT2D eigenvalue weighted by atomic mass is 32.1. The third kappa shape index (κ3) is 22.3. The molecule has 0 aromatic heterocycles. The number of nitrogens with one attached hydrogen (secondary N) is 1. The van der Waals surface area contributed by atoms with Crippen LogP contribution in [0.1, 0.15) is 62.3 Å². The monoisotopic (exact) mass is 548 g/mol. The molecule has 10 nitrogen and oxygen atoms in total. The molecule has 0 spiro atoms. The molecule has 0 bridgehead atoms. The maximum absolute atomic E-state index is 12.4. The van der Waals surface area contributed by atoms with Crippen molar-refractivity contribution in [2.24, 2.45) is 0 Å². The molecule has 0 radical (unpaired) electrons. The zero-order valence-corrected chi connectivity index (χ0v) is 25.7. The summed E-state index contributed by atoms with van der Waals surface area (Å²) < 4.78 is 16.2. The van der Waals surface area contributed by atoms with Crippen molar-refractivity contribution in [1.82, 2.24) is 20.0 Å². The van der Waals surface area contributed by atoms with Gasteiger partial charge in [-0.25, -0.2) is 0 Å². The van der Waals surface area contributed by atoms with Gasteiger partial charge in [0.25, 0.3) is 0 Å². The van der Waals surface area contributed by atoms with Crippen molar-refractivity contribution in [3.8, 4) is 0 Å². The van der Waals surface area contributed by atoms with Crippen molar-refractivity contribution in [2.75, 3.05) is 72.5 Å². The van der Waals surface area contributed by atoms with Crippen LogP contribution in [0.2, 0.25) is 0 Å². The first kappa shape index (κ1) is 35.6. The van der Waals surface area contributed by atoms with E-state index in [1.165, 1.54) is 0 Å². The van der Waals surface area contributed by atoms with Crippen LogP contribution in [0.25, 0.3) is 0 Å². The average Bonchev–Trinajstić information content (AvgIpc) is 2.66. The number of hydrogen-bond acceptors (Lipinski definition) is 11. The van der Waals surface area contributed by atoms with E-state index in [0.29, 0.717) is 39.3 Å². The molecule has 0 amide bonds. The fourth-order valence-electron chi connectivity index (χ4n) is 3.25. The van der Waals surface area contributed by atoms with E-state index in [1.54, 1.807) is 13.8 Å². The van der Waals surface area contributed by atoms with Gasteiger partial charge in [-0.15, -0.1) is 12.6 Å². The number of ether oxygens (including phenoxy) is 3. The van der Waals surface area contributed by atoms with Crippen LogP contribution in [0.5, 0.6) is 0 Å². The summed E-state index contributed by atoms with van der Waals surface area (Å²) in [6, 6.07) is 0. The van der Waals surface area contributed by atoms with Gasteiger partial charge in [0.05, 0.1) is 19.6 Å². The van der Waals surface area contributed by atoms with Crippen LogP contribution >= 0.6 is 12.6 Å². The fourth-order valence-corrected chi connectivity index (χ4v) is 3.36. The maximum Gasteiger partial charge on any atom is 0.321 e. The Hall–Kier alpha value is -1.40. The van der Waals surface area contributed by atoms with E-state index in [9.17, 15) is 14.4 Å². The lowest BCUT2D eigenvalue weighted by Gasteiger charge is -2.27. The number of nitrogens with zero attached hydrogens (tertiary/aromatic N) is 3. The minimum absolute atomic E-state index is 0.117. The summed E-state index contributed by atoms with van der Waals surface area (Å²) in [7, 11) is 1.85. The number of carbonyl (C=O) groups excluding carboxylic acids is 3. The third-order valence-corrected chi connectivity index (χ3v) is 4.85. The van der Waals surface area contributed by atoms with Gasteiger partial charge in [0.15, 0.2) is 0 Å². The van der Waals surface area contributed by atoms with Crippen LogP contribution in [0.3, 0.4) is 0 Å². The molecule has 218 valence electrons. The SMILES string of the molecule is CCN(CCNCCN(CCN(C)CC(=O)OC(C)(C)C)CC(=O)OC(C)(C)S)CC(=O)OC(C)(C)C. The second kappa shape index (κ2) is 16.5. The zero-order valence-electron chi connectivity index (χ0n) is 24.8. The van der Waals surface area contributed by atoms with Gasteiger partial charge in [-0.3, -0.25) is 29.1 Å². The summed E-state index contributed by atoms with van der Waals surface area (Å²) in [6.07, 6.45) is 0. The molecule has 0 heterocycles. The Kier molecular flexibility index (Phi) is 15.9. The second-order valence-electron chi connectivity index (χ2n) is 11.7. The fraction of sp³-hybridized carbons (Fsp3) is 0.885. The van der Waals surface area contributed by atoms with Crippen molar-refractivity contribution in [1.29, 1.82) is 0 Å². The topological polar surface area (TPSA) is 101 Å². The van der Waals surface area contributed by atoms with E-state index < -0.39 is 16.1 Å². The van der Waals surface area contributed by atoms with Crippen molar-refractivity contribution in [2.45, 2.75) is 78.4 Å². The van der Waals surface area contributed by atoms with Crippen LogP contribution in [-0.4, -0.2) is 121 Å². The minimum Gasteiger partial charge on any atom is -0.459 e. The molecule has 0 aromatic rings. The lowest BCUT2D eigenvalue weighted by molar-refractivity contribution is -0.157. The molecule has 37 heavy (non-hydrogen) atoms. The molecule has 1 N–H and O–H groups in total. The third-order valence-electron chi connectivity index (χ3n) is 4.76. The van der Waals surface area contributed by atoms with E-state index >= 15 is 0 Å². The number of esters is 3. The van der Waals surface area contributed by atoms with Crippen LogP contribution in [-0.2, 0) is 28.6 Å². The van der Waals surface area contributed by atoms with Crippen LogP contribution in [0.4, 0.5) is 0 Å². The highest BCUT2D eigenvalue weighted by molar-refractivity contribution is 7.81. The smallest absolute Gasteiger partial charge is 0.321 e. The number of thiol groups is 1. The molecule has 11 heteroatoms. The first-order valence-electron chi connectivity index (χ1n) is 13.0. The molecule has 0 saturated carbocycles. The minimum atomic E-state index is -0.855. The highest BCUT2D eigenvalue weighted by Gasteiger charge is 2.22. The van der Waals surface area contributed by atoms with Crippen molar-refractivity contribution in [3.05, 3.63) is 0 Å². The summed E-state index contributed by atoms with van der Waals surface area (Å²) in [5.74, 6) is -0.878. The molecule has 0 aliphatic carbocycles. The molecule has 0 aromatic carbocycles. The Bertz CT molecular complexity index is 701. The molecule has 0 atom stereocenters. The van der Waals surface area contributed by atoms with Crippen molar-refractivity contribution < 1.29 is 28.6 Å². The molecule has 0 fully saturated rings. The summed E-state index contributed by atoms with van der Waals surface area (Å²) >= 11 is 4.27. The van der Waals surface area contributed by atoms with Crippen LogP contribution in [0.15, 0.2) is 0 Å². The van der Waals surface area contributed by atoms with Gasteiger partial charge >= 0.3 is 17.9 Å². The van der Waals surface area contributed by atoms with Gasteiger partial charge in [0.2, 0.25) is 0 Å². The van der Waals surface area contributed by atoms with Gasteiger partial charge in [0, 0.05) is 39.3 Å². The van der Waals surface area contributed by atoms with Crippen molar-refractivity contribution >= 4 is 30.5 Å². The first-order valence-corrected chi connectivity index (χ1v) is 13.5. The maximum atomic E-state index is 12.4. The van der Waals surface area contributed by atoms with E-state index in [-0.39, 0.29) is 37.5 Å². The normalized spacial score (nSPS) is 12.8. The summed E-state index contributed by atoms with van der Waals surface area (Å²) in [4.78, 5) is 41.6. The molecular formula is C26H52N4O6S. The molecule has 0 saturated heterocycles. The van der Waals surface area contributed by atoms with Crippen LogP contribution < -0.4 is 5.32 Å². The highest BCUT2D eigenvalue weighted by Crippen LogP contribution is 2.14. The molecule has 0 aliphatic heterocycles. The van der Waals surface area contributed by atoms with E-state index in [4.69, 9.17) is 14.2 Å². The number of hydrogen-bond donors (Lipinski definition) is 2. The summed E-state index contributed by atoms with van der Waals surface area (Å²) in [5, 5.41) is 3.38. The van der Waals surface area contributed by atoms with Gasteiger partial charge < -0.3 is 19.5 Å². The van der Waals surface area contributed by atoms with E-state index in [2.05, 4.69) is 17.9 Å². The predicted molar refractivity (Wildman–Crippen MR) is 150 cm³/mol. The largest absolute Gasteiger partial charge is 0.459 e. The lowest BCUT2D eigenvalue weighted by Crippen LogP contribution is -2.44. The Morgan fingerprint density at radius 2 is 1.11 bits per heavy atom. The van der Waals surface area contributed by atoms with Gasteiger partial charge in [0.1, 0.15) is 16.1 Å². The van der Waals surface area contributed by atoms with Gasteiger partial charge in [-0.2, -0.15) is 0 Å². The Labute approximate surface area is 230 Å². The second-order valence-corrected chi connectivity index (χ2v) is 12.8. The molecule has 0 aliphatic rings. The lowest BCUT2D eigenvalue weighted by atomic mass is 10.2. The first-order chi connectivity index (χ1) is 16.8. The van der Waals surface area contributed by atoms with E-state index in [0.717, 1.165) is 6.54 Å². The van der Waals surface area contributed by atoms with E-state index in [1.807, 2.05) is 70.2 Å². The molecule has 0 unspecified atom stereocenters. The Balaban J connectivity index is 4.70. The number of likely N-dealkylation sites (N-methyl/N-ethyl adjacent to an activating group) is 2. The molecular weight excluding hydrogens is 496 g/mol. The quantitative estimate of drug-likeness (QED) is 0.0923. The van der Waals surface area contributed by atoms with Crippen molar-refractivity contribution in [3.63, 3.8) is 0 Å². The average molecular weight is 549 g/mol. The Morgan fingerprint density at radius 3 is 1.57 bits per heavy atom. The van der Waals surface area contributed by atoms with Crippen LogP contribution in [0, 0.1) is 0 Å².